The quantitative estimate of drug-likeness (QED) is 0.791. The average molecular weight is 360 g/mol. The minimum Gasteiger partial charge on any atom is -0.342 e. The van der Waals surface area contributed by atoms with Gasteiger partial charge in [0.15, 0.2) is 0 Å². The molecule has 3 unspecified atom stereocenters. The highest BCUT2D eigenvalue weighted by molar-refractivity contribution is 5.85. The summed E-state index contributed by atoms with van der Waals surface area (Å²) >= 11 is 0. The zero-order valence-electron chi connectivity index (χ0n) is 15.4. The van der Waals surface area contributed by atoms with Gasteiger partial charge in [0.05, 0.1) is 5.92 Å². The fourth-order valence-electron chi connectivity index (χ4n) is 3.72. The zero-order valence-corrected chi connectivity index (χ0v) is 16.2. The maximum Gasteiger partial charge on any atom is 0.227 e. The summed E-state index contributed by atoms with van der Waals surface area (Å²) in [7, 11) is 0. The number of halogens is 1. The first-order valence-corrected chi connectivity index (χ1v) is 9.38. The molecule has 1 N–H and O–H groups in total. The predicted molar refractivity (Wildman–Crippen MR) is 99.3 cm³/mol. The van der Waals surface area contributed by atoms with E-state index in [0.717, 1.165) is 58.3 Å². The van der Waals surface area contributed by atoms with Gasteiger partial charge in [0, 0.05) is 38.1 Å². The van der Waals surface area contributed by atoms with Gasteiger partial charge in [-0.25, -0.2) is 0 Å². The summed E-state index contributed by atoms with van der Waals surface area (Å²) in [5, 5.41) is 3.36. The molecule has 0 saturated carbocycles. The Bertz CT molecular complexity index is 413. The van der Waals surface area contributed by atoms with Gasteiger partial charge in [0.2, 0.25) is 11.8 Å². The van der Waals surface area contributed by atoms with E-state index in [0.29, 0.717) is 12.6 Å². The molecule has 0 aromatic heterocycles. The summed E-state index contributed by atoms with van der Waals surface area (Å²) in [6.07, 6.45) is 4.77. The molecule has 0 aromatic rings. The summed E-state index contributed by atoms with van der Waals surface area (Å²) < 4.78 is 0. The molecule has 2 amide bonds. The van der Waals surface area contributed by atoms with Crippen LogP contribution in [0.2, 0.25) is 0 Å². The van der Waals surface area contributed by atoms with Crippen molar-refractivity contribution < 1.29 is 9.59 Å². The number of amides is 2. The van der Waals surface area contributed by atoms with Gasteiger partial charge in [0.1, 0.15) is 0 Å². The first-order valence-electron chi connectivity index (χ1n) is 9.38. The Kier molecular flexibility index (Phi) is 9.06. The van der Waals surface area contributed by atoms with Crippen molar-refractivity contribution in [2.75, 3.05) is 32.7 Å². The van der Waals surface area contributed by atoms with Gasteiger partial charge in [-0.3, -0.25) is 9.59 Å². The monoisotopic (exact) mass is 359 g/mol. The Labute approximate surface area is 152 Å². The van der Waals surface area contributed by atoms with Crippen LogP contribution in [-0.2, 0) is 9.59 Å². The van der Waals surface area contributed by atoms with Crippen LogP contribution in [0.25, 0.3) is 0 Å². The molecule has 140 valence electrons. The molecular weight excluding hydrogens is 326 g/mol. The predicted octanol–water partition coefficient (Wildman–Crippen LogP) is 2.29. The second-order valence-electron chi connectivity index (χ2n) is 7.11. The first kappa shape index (κ1) is 21.2. The van der Waals surface area contributed by atoms with Crippen molar-refractivity contribution in [2.24, 2.45) is 11.8 Å². The van der Waals surface area contributed by atoms with Crippen molar-refractivity contribution in [2.45, 2.75) is 58.9 Å². The van der Waals surface area contributed by atoms with Crippen molar-refractivity contribution in [1.29, 1.82) is 0 Å². The normalized spacial score (nSPS) is 25.0. The minimum atomic E-state index is -0.0103. The maximum absolute atomic E-state index is 13.0. The fourth-order valence-corrected chi connectivity index (χ4v) is 3.72. The first-order chi connectivity index (χ1) is 11.1. The molecule has 6 heteroatoms. The van der Waals surface area contributed by atoms with Crippen LogP contribution >= 0.6 is 12.4 Å². The van der Waals surface area contributed by atoms with Crippen LogP contribution in [0.4, 0.5) is 0 Å². The van der Waals surface area contributed by atoms with E-state index in [-0.39, 0.29) is 36.1 Å². The van der Waals surface area contributed by atoms with Crippen molar-refractivity contribution in [3.05, 3.63) is 0 Å². The second-order valence-corrected chi connectivity index (χ2v) is 7.11. The molecule has 3 atom stereocenters. The number of hydrogen-bond donors (Lipinski definition) is 1. The van der Waals surface area contributed by atoms with E-state index in [9.17, 15) is 9.59 Å². The molecule has 0 spiro atoms. The zero-order chi connectivity index (χ0) is 16.8. The smallest absolute Gasteiger partial charge is 0.227 e. The molecular formula is C18H34ClN3O2. The third kappa shape index (κ3) is 5.09. The van der Waals surface area contributed by atoms with Crippen molar-refractivity contribution in [3.8, 4) is 0 Å². The van der Waals surface area contributed by atoms with Gasteiger partial charge in [0.25, 0.3) is 0 Å². The van der Waals surface area contributed by atoms with Crippen molar-refractivity contribution in [3.63, 3.8) is 0 Å². The Hall–Kier alpha value is -0.810. The Morgan fingerprint density at radius 3 is 2.62 bits per heavy atom. The van der Waals surface area contributed by atoms with Crippen molar-refractivity contribution in [1.82, 2.24) is 15.1 Å². The minimum absolute atomic E-state index is 0. The van der Waals surface area contributed by atoms with E-state index in [1.165, 1.54) is 0 Å². The van der Waals surface area contributed by atoms with E-state index in [4.69, 9.17) is 0 Å². The number of carbonyl (C=O) groups excluding carboxylic acids is 2. The number of piperidine rings is 1. The number of hydrogen-bond acceptors (Lipinski definition) is 3. The van der Waals surface area contributed by atoms with Crippen LogP contribution in [0.5, 0.6) is 0 Å². The molecule has 0 aliphatic carbocycles. The largest absolute Gasteiger partial charge is 0.342 e. The molecule has 2 fully saturated rings. The van der Waals surface area contributed by atoms with Crippen LogP contribution in [0.15, 0.2) is 0 Å². The summed E-state index contributed by atoms with van der Waals surface area (Å²) in [6.45, 7) is 10.3. The third-order valence-electron chi connectivity index (χ3n) is 5.34. The molecule has 0 aromatic carbocycles. The Balaban J connectivity index is 0.00000288. The van der Waals surface area contributed by atoms with Gasteiger partial charge in [-0.2, -0.15) is 0 Å². The van der Waals surface area contributed by atoms with E-state index in [1.807, 2.05) is 18.7 Å². The van der Waals surface area contributed by atoms with Crippen LogP contribution in [0.1, 0.15) is 52.9 Å². The van der Waals surface area contributed by atoms with Crippen LogP contribution < -0.4 is 5.32 Å². The van der Waals surface area contributed by atoms with E-state index in [2.05, 4.69) is 17.1 Å². The lowest BCUT2D eigenvalue weighted by atomic mass is 9.94. The topological polar surface area (TPSA) is 52.7 Å². The maximum atomic E-state index is 13.0. The SMILES string of the molecule is CCCN(C(=O)C1CCCN(C(=O)C(C)CC)C1)C1CCNC1.Cl. The third-order valence-corrected chi connectivity index (χ3v) is 5.34. The molecule has 5 nitrogen and oxygen atoms in total. The lowest BCUT2D eigenvalue weighted by Gasteiger charge is -2.37. The number of rotatable bonds is 6. The molecule has 2 aliphatic heterocycles. The molecule has 2 heterocycles. The number of likely N-dealkylation sites (tertiary alicyclic amines) is 1. The van der Waals surface area contributed by atoms with Crippen LogP contribution in [0, 0.1) is 11.8 Å². The summed E-state index contributed by atoms with van der Waals surface area (Å²) in [4.78, 5) is 29.5. The average Bonchev–Trinajstić information content (AvgIpc) is 3.12. The highest BCUT2D eigenvalue weighted by Gasteiger charge is 2.35. The summed E-state index contributed by atoms with van der Waals surface area (Å²) in [5.74, 6) is 0.537. The molecule has 0 radical (unpaired) electrons. The fraction of sp³-hybridized carbons (Fsp3) is 0.889. The lowest BCUT2D eigenvalue weighted by Crippen LogP contribution is -2.51. The molecule has 2 saturated heterocycles. The van der Waals surface area contributed by atoms with Crippen molar-refractivity contribution >= 4 is 24.2 Å². The van der Waals surface area contributed by atoms with E-state index in [1.54, 1.807) is 0 Å². The lowest BCUT2D eigenvalue weighted by molar-refractivity contribution is -0.143. The summed E-state index contributed by atoms with van der Waals surface area (Å²) in [5.41, 5.74) is 0. The summed E-state index contributed by atoms with van der Waals surface area (Å²) in [6, 6.07) is 0.336. The highest BCUT2D eigenvalue weighted by atomic mass is 35.5. The molecule has 0 bridgehead atoms. The standard InChI is InChI=1S/C18H33N3O2.ClH/c1-4-10-21(16-8-9-19-12-16)18(23)15-7-6-11-20(13-15)17(22)14(3)5-2;/h14-16,19H,4-13H2,1-3H3;1H. The van der Waals surface area contributed by atoms with Crippen LogP contribution in [0.3, 0.4) is 0 Å². The number of nitrogens with one attached hydrogen (secondary N) is 1. The van der Waals surface area contributed by atoms with Crippen LogP contribution in [-0.4, -0.2) is 60.4 Å². The second kappa shape index (κ2) is 10.2. The van der Waals surface area contributed by atoms with Gasteiger partial charge in [-0.15, -0.1) is 12.4 Å². The van der Waals surface area contributed by atoms with E-state index < -0.39 is 0 Å². The Morgan fingerprint density at radius 1 is 1.29 bits per heavy atom. The van der Waals surface area contributed by atoms with E-state index >= 15 is 0 Å². The Morgan fingerprint density at radius 2 is 2.04 bits per heavy atom. The van der Waals surface area contributed by atoms with Gasteiger partial charge >= 0.3 is 0 Å². The highest BCUT2D eigenvalue weighted by Crippen LogP contribution is 2.23. The van der Waals surface area contributed by atoms with Gasteiger partial charge in [-0.1, -0.05) is 20.8 Å². The molecule has 24 heavy (non-hydrogen) atoms. The molecule has 2 aliphatic rings. The van der Waals surface area contributed by atoms with Gasteiger partial charge in [-0.05, 0) is 38.6 Å². The number of nitrogens with zero attached hydrogens (tertiary/aromatic N) is 2. The van der Waals surface area contributed by atoms with Gasteiger partial charge < -0.3 is 15.1 Å². The molecule has 2 rings (SSSR count). The number of carbonyl (C=O) groups is 2.